The van der Waals surface area contributed by atoms with Crippen molar-refractivity contribution >= 4 is 19.2 Å². The highest BCUT2D eigenvalue weighted by molar-refractivity contribution is 7.75. The van der Waals surface area contributed by atoms with Crippen LogP contribution in [0.5, 0.6) is 0 Å². The second kappa shape index (κ2) is 21.6. The molecule has 5 nitrogen and oxygen atoms in total. The van der Waals surface area contributed by atoms with Gasteiger partial charge < -0.3 is 19.9 Å². The van der Waals surface area contributed by atoms with Gasteiger partial charge in [-0.25, -0.2) is 0 Å². The van der Waals surface area contributed by atoms with Crippen LogP contribution in [-0.2, 0) is 9.59 Å². The Bertz CT molecular complexity index is 307. The number of carbonyl (C=O) groups excluding carboxylic acids is 1. The lowest BCUT2D eigenvalue weighted by Crippen LogP contribution is -2.18. The first kappa shape index (κ1) is 31.0. The summed E-state index contributed by atoms with van der Waals surface area (Å²) in [6, 6.07) is 0. The van der Waals surface area contributed by atoms with Crippen molar-refractivity contribution in [3.63, 3.8) is 0 Å². The molecule has 0 heterocycles. The Labute approximate surface area is 169 Å². The van der Waals surface area contributed by atoms with E-state index in [1.807, 2.05) is 0 Å². The molecule has 0 aliphatic carbocycles. The van der Waals surface area contributed by atoms with Crippen molar-refractivity contribution in [1.29, 1.82) is 0 Å². The molecule has 0 bridgehead atoms. The molecule has 0 saturated heterocycles. The van der Waals surface area contributed by atoms with Crippen LogP contribution in [0.2, 0.25) is 0 Å². The van der Waals surface area contributed by atoms with Gasteiger partial charge >= 0.3 is 0 Å². The fraction of sp³-hybridized carbons (Fsp3) is 0.905. The lowest BCUT2D eigenvalue weighted by molar-refractivity contribution is -0.302. The zero-order chi connectivity index (χ0) is 21.7. The molecule has 0 radical (unpaired) electrons. The normalized spacial score (nSPS) is 10.5. The zero-order valence-electron chi connectivity index (χ0n) is 19.1. The molecule has 0 fully saturated rings. The van der Waals surface area contributed by atoms with Crippen molar-refractivity contribution < 1.29 is 19.8 Å². The number of unbranched alkanes of at least 4 members (excludes halogenated alkanes) is 3. The van der Waals surface area contributed by atoms with Gasteiger partial charge in [0, 0.05) is 26.7 Å². The van der Waals surface area contributed by atoms with Crippen LogP contribution in [0.1, 0.15) is 79.6 Å². The lowest BCUT2D eigenvalue weighted by atomic mass is 10.4. The number of hydrogen-bond acceptors (Lipinski definition) is 4. The van der Waals surface area contributed by atoms with Crippen LogP contribution >= 0.6 is 7.26 Å². The van der Waals surface area contributed by atoms with Gasteiger partial charge in [0.1, 0.15) is 0 Å². The SMILES string of the molecule is CC(=O)O.CC(=O)[O-].CCCC[P+](CCCC)(CCCC)CCCN(C)C. The molecule has 0 aromatic heterocycles. The van der Waals surface area contributed by atoms with E-state index >= 15 is 0 Å². The third-order valence-corrected chi connectivity index (χ3v) is 9.26. The van der Waals surface area contributed by atoms with E-state index in [-0.39, 0.29) is 0 Å². The minimum absolute atomic E-state index is 0.629. The smallest absolute Gasteiger partial charge is 0.300 e. The van der Waals surface area contributed by atoms with E-state index in [4.69, 9.17) is 19.8 Å². The first-order valence-corrected chi connectivity index (χ1v) is 13.0. The molecular weight excluding hydrogens is 361 g/mol. The van der Waals surface area contributed by atoms with Gasteiger partial charge in [0.2, 0.25) is 0 Å². The minimum atomic E-state index is -1.08. The summed E-state index contributed by atoms with van der Waals surface area (Å²) in [5.41, 5.74) is 0. The van der Waals surface area contributed by atoms with Crippen LogP contribution in [0.25, 0.3) is 0 Å². The number of nitrogens with zero attached hydrogens (tertiary/aromatic N) is 1. The first-order valence-electron chi connectivity index (χ1n) is 10.4. The number of aliphatic carboxylic acids is 2. The highest BCUT2D eigenvalue weighted by Crippen LogP contribution is 2.61. The molecule has 0 aliphatic heterocycles. The standard InChI is InChI=1S/C17H39NP.2C2H4O2/c1-6-9-14-19(15-10-7-2,16-11-8-3)17-12-13-18(4)5;2*1-2(3)4/h6-17H2,1-5H3;2*1H3,(H,3,4)/q+1;;/p-1. The Morgan fingerprint density at radius 3 is 1.30 bits per heavy atom. The van der Waals surface area contributed by atoms with Crippen LogP contribution in [0.3, 0.4) is 0 Å². The summed E-state index contributed by atoms with van der Waals surface area (Å²) in [7, 11) is 3.80. The molecule has 0 aromatic carbocycles. The van der Waals surface area contributed by atoms with Crippen molar-refractivity contribution in [3.8, 4) is 0 Å². The van der Waals surface area contributed by atoms with Crippen LogP contribution in [0.15, 0.2) is 0 Å². The molecule has 0 atom stereocenters. The van der Waals surface area contributed by atoms with Crippen molar-refractivity contribution in [1.82, 2.24) is 4.90 Å². The summed E-state index contributed by atoms with van der Waals surface area (Å²) < 4.78 is 0. The summed E-state index contributed by atoms with van der Waals surface area (Å²) in [5.74, 6) is -1.92. The number of carboxylic acid groups (broad SMARTS) is 2. The van der Waals surface area contributed by atoms with E-state index < -0.39 is 19.2 Å². The second-order valence-corrected chi connectivity index (χ2v) is 11.9. The van der Waals surface area contributed by atoms with Crippen LogP contribution in [-0.4, -0.2) is 67.2 Å². The largest absolute Gasteiger partial charge is 0.550 e. The number of rotatable bonds is 13. The minimum Gasteiger partial charge on any atom is -0.550 e. The predicted octanol–water partition coefficient (Wildman–Crippen LogP) is 4.20. The van der Waals surface area contributed by atoms with Crippen molar-refractivity contribution in [2.75, 3.05) is 45.3 Å². The van der Waals surface area contributed by atoms with Crippen LogP contribution < -0.4 is 5.11 Å². The molecule has 0 aromatic rings. The van der Waals surface area contributed by atoms with Gasteiger partial charge in [0.25, 0.3) is 5.97 Å². The number of carbonyl (C=O) groups is 2. The molecular formula is C21H46NO4P. The average Bonchev–Trinajstić information content (AvgIpc) is 2.54. The monoisotopic (exact) mass is 407 g/mol. The van der Waals surface area contributed by atoms with E-state index in [1.165, 1.54) is 51.5 Å². The summed E-state index contributed by atoms with van der Waals surface area (Å²) in [4.78, 5) is 20.2. The molecule has 0 unspecified atom stereocenters. The Morgan fingerprint density at radius 1 is 0.815 bits per heavy atom. The molecule has 0 spiro atoms. The number of carboxylic acids is 2. The molecule has 0 aliphatic rings. The molecule has 164 valence electrons. The zero-order valence-corrected chi connectivity index (χ0v) is 19.9. The number of hydrogen-bond donors (Lipinski definition) is 1. The van der Waals surface area contributed by atoms with Crippen LogP contribution in [0.4, 0.5) is 0 Å². The third-order valence-electron chi connectivity index (χ3n) is 4.20. The van der Waals surface area contributed by atoms with E-state index in [1.54, 1.807) is 24.6 Å². The summed E-state index contributed by atoms with van der Waals surface area (Å²) >= 11 is 0. The van der Waals surface area contributed by atoms with E-state index in [9.17, 15) is 0 Å². The van der Waals surface area contributed by atoms with Crippen molar-refractivity contribution in [3.05, 3.63) is 0 Å². The van der Waals surface area contributed by atoms with Gasteiger partial charge in [0.15, 0.2) is 0 Å². The molecule has 0 amide bonds. The average molecular weight is 408 g/mol. The highest BCUT2D eigenvalue weighted by Gasteiger charge is 2.34. The van der Waals surface area contributed by atoms with Crippen molar-refractivity contribution in [2.45, 2.75) is 79.6 Å². The maximum Gasteiger partial charge on any atom is 0.300 e. The predicted molar refractivity (Wildman–Crippen MR) is 118 cm³/mol. The maximum atomic E-state index is 9.00. The molecule has 27 heavy (non-hydrogen) atoms. The molecule has 6 heteroatoms. The maximum absolute atomic E-state index is 9.00. The van der Waals surface area contributed by atoms with Gasteiger partial charge in [-0.05, 0) is 46.7 Å². The molecule has 1 N–H and O–H groups in total. The van der Waals surface area contributed by atoms with Crippen molar-refractivity contribution in [2.24, 2.45) is 0 Å². The second-order valence-electron chi connectivity index (χ2n) is 7.46. The van der Waals surface area contributed by atoms with Crippen LogP contribution in [0, 0.1) is 0 Å². The fourth-order valence-corrected chi connectivity index (χ4v) is 7.99. The molecule has 0 saturated carbocycles. The van der Waals surface area contributed by atoms with Gasteiger partial charge in [0.05, 0.1) is 24.6 Å². The van der Waals surface area contributed by atoms with Gasteiger partial charge in [-0.15, -0.1) is 0 Å². The van der Waals surface area contributed by atoms with Gasteiger partial charge in [-0.1, -0.05) is 40.0 Å². The van der Waals surface area contributed by atoms with E-state index in [0.717, 1.165) is 13.8 Å². The summed E-state index contributed by atoms with van der Waals surface area (Å²) in [5, 5.41) is 16.3. The first-order chi connectivity index (χ1) is 12.6. The lowest BCUT2D eigenvalue weighted by Gasteiger charge is -2.28. The van der Waals surface area contributed by atoms with Gasteiger partial charge in [-0.2, -0.15) is 0 Å². The Hall–Kier alpha value is -0.670. The topological polar surface area (TPSA) is 80.7 Å². The van der Waals surface area contributed by atoms with E-state index in [2.05, 4.69) is 39.8 Å². The Kier molecular flexibility index (Phi) is 24.9. The highest BCUT2D eigenvalue weighted by atomic mass is 31.2. The third kappa shape index (κ3) is 30.3. The molecule has 0 rings (SSSR count). The summed E-state index contributed by atoms with van der Waals surface area (Å²) in [6.07, 6.45) is 16.3. The quantitative estimate of drug-likeness (QED) is 0.463. The summed E-state index contributed by atoms with van der Waals surface area (Å²) in [6.45, 7) is 10.4. The Balaban J connectivity index is -0.000000603. The van der Waals surface area contributed by atoms with E-state index in [0.29, 0.717) is 0 Å². The fourth-order valence-electron chi connectivity index (χ4n) is 2.87. The van der Waals surface area contributed by atoms with Gasteiger partial charge in [-0.3, -0.25) is 4.79 Å². The Morgan fingerprint density at radius 2 is 1.07 bits per heavy atom.